The van der Waals surface area contributed by atoms with Crippen LogP contribution in [-0.4, -0.2) is 4.98 Å². The van der Waals surface area contributed by atoms with Crippen LogP contribution in [-0.2, 0) is 6.42 Å². The van der Waals surface area contributed by atoms with E-state index in [0.717, 1.165) is 6.42 Å². The summed E-state index contributed by atoms with van der Waals surface area (Å²) >= 11 is 0. The van der Waals surface area contributed by atoms with Gasteiger partial charge in [-0.05, 0) is 31.4 Å². The van der Waals surface area contributed by atoms with Gasteiger partial charge in [0.05, 0.1) is 0 Å². The maximum Gasteiger partial charge on any atom is 0.0303 e. The number of nitrogens with zero attached hydrogens (tertiary/aromatic N) is 1. The van der Waals surface area contributed by atoms with Crippen molar-refractivity contribution in [2.24, 2.45) is 0 Å². The van der Waals surface area contributed by atoms with Gasteiger partial charge in [0.1, 0.15) is 0 Å². The van der Waals surface area contributed by atoms with Crippen molar-refractivity contribution in [3.8, 4) is 0 Å². The van der Waals surface area contributed by atoms with Crippen LogP contribution in [0.25, 0.3) is 0 Å². The van der Waals surface area contributed by atoms with Gasteiger partial charge in [-0.15, -0.1) is 0 Å². The zero-order valence-electron chi connectivity index (χ0n) is 8.46. The fourth-order valence-electron chi connectivity index (χ4n) is 1.42. The molecule has 1 aromatic rings. The van der Waals surface area contributed by atoms with Gasteiger partial charge in [0, 0.05) is 12.4 Å². The van der Waals surface area contributed by atoms with Gasteiger partial charge in [0.25, 0.3) is 0 Å². The summed E-state index contributed by atoms with van der Waals surface area (Å²) in [5.74, 6) is 0. The Balaban J connectivity index is 2.58. The average Bonchev–Trinajstić information content (AvgIpc) is 2.19. The summed E-state index contributed by atoms with van der Waals surface area (Å²) in [6.45, 7) is 4.33. The Morgan fingerprint density at radius 3 is 2.92 bits per heavy atom. The summed E-state index contributed by atoms with van der Waals surface area (Å²) < 4.78 is 0. The van der Waals surface area contributed by atoms with E-state index in [1.807, 2.05) is 18.5 Å². The Morgan fingerprint density at radius 2 is 2.38 bits per heavy atom. The minimum absolute atomic E-state index is 1.05. The molecule has 0 aliphatic heterocycles. The summed E-state index contributed by atoms with van der Waals surface area (Å²) in [6.07, 6.45) is 9.46. The first-order valence-corrected chi connectivity index (χ1v) is 4.89. The summed E-state index contributed by atoms with van der Waals surface area (Å²) in [7, 11) is 0. The minimum Gasteiger partial charge on any atom is -0.264 e. The molecule has 0 unspecified atom stereocenters. The molecule has 1 heterocycles. The molecule has 0 spiro atoms. The molecule has 1 rings (SSSR count). The van der Waals surface area contributed by atoms with Crippen LogP contribution < -0.4 is 0 Å². The van der Waals surface area contributed by atoms with Crippen LogP contribution in [0.15, 0.2) is 36.2 Å². The Hall–Kier alpha value is -1.11. The van der Waals surface area contributed by atoms with Gasteiger partial charge in [0.15, 0.2) is 0 Å². The van der Waals surface area contributed by atoms with E-state index >= 15 is 0 Å². The number of allylic oxidation sites excluding steroid dienone is 2. The molecule has 0 bridgehead atoms. The van der Waals surface area contributed by atoms with Gasteiger partial charge in [-0.2, -0.15) is 0 Å². The Kier molecular flexibility index (Phi) is 4.24. The molecule has 1 aromatic heterocycles. The molecule has 0 atom stereocenters. The molecule has 1 nitrogen and oxygen atoms in total. The van der Waals surface area contributed by atoms with Crippen molar-refractivity contribution in [1.29, 1.82) is 0 Å². The molecule has 0 fully saturated rings. The van der Waals surface area contributed by atoms with Gasteiger partial charge in [0.2, 0.25) is 0 Å². The molecule has 1 heteroatoms. The topological polar surface area (TPSA) is 12.9 Å². The fourth-order valence-corrected chi connectivity index (χ4v) is 1.42. The van der Waals surface area contributed by atoms with E-state index in [9.17, 15) is 0 Å². The number of aromatic nitrogens is 1. The Labute approximate surface area is 80.5 Å². The lowest BCUT2D eigenvalue weighted by atomic mass is 10.0. The molecule has 0 saturated heterocycles. The zero-order valence-corrected chi connectivity index (χ0v) is 8.46. The van der Waals surface area contributed by atoms with Crippen LogP contribution in [0.1, 0.15) is 32.3 Å². The van der Waals surface area contributed by atoms with E-state index < -0.39 is 0 Å². The molecule has 0 N–H and O–H groups in total. The molecule has 70 valence electrons. The predicted octanol–water partition coefficient (Wildman–Crippen LogP) is 3.37. The van der Waals surface area contributed by atoms with E-state index in [2.05, 4.69) is 31.0 Å². The first-order valence-electron chi connectivity index (χ1n) is 4.89. The van der Waals surface area contributed by atoms with Crippen LogP contribution in [0.5, 0.6) is 0 Å². The highest BCUT2D eigenvalue weighted by atomic mass is 14.6. The van der Waals surface area contributed by atoms with Crippen LogP contribution in [0.2, 0.25) is 0 Å². The number of pyridine rings is 1. The second-order valence-corrected chi connectivity index (χ2v) is 3.23. The van der Waals surface area contributed by atoms with Gasteiger partial charge in [-0.25, -0.2) is 0 Å². The number of rotatable bonds is 4. The van der Waals surface area contributed by atoms with Crippen LogP contribution in [0.4, 0.5) is 0 Å². The van der Waals surface area contributed by atoms with Crippen molar-refractivity contribution in [2.75, 3.05) is 0 Å². The SMILES string of the molecule is C/C=C(/CCC)Cc1cccnc1. The third-order valence-corrected chi connectivity index (χ3v) is 2.13. The largest absolute Gasteiger partial charge is 0.264 e. The van der Waals surface area contributed by atoms with E-state index in [1.165, 1.54) is 24.0 Å². The molecule has 0 aliphatic carbocycles. The Bertz CT molecular complexity index is 262. The maximum atomic E-state index is 4.10. The predicted molar refractivity (Wildman–Crippen MR) is 56.6 cm³/mol. The van der Waals surface area contributed by atoms with Crippen molar-refractivity contribution < 1.29 is 0 Å². The summed E-state index contributed by atoms with van der Waals surface area (Å²) in [4.78, 5) is 4.10. The van der Waals surface area contributed by atoms with Gasteiger partial charge in [-0.3, -0.25) is 4.98 Å². The van der Waals surface area contributed by atoms with Crippen molar-refractivity contribution in [1.82, 2.24) is 4.98 Å². The highest BCUT2D eigenvalue weighted by Crippen LogP contribution is 2.11. The van der Waals surface area contributed by atoms with Crippen LogP contribution >= 0.6 is 0 Å². The molecular weight excluding hydrogens is 158 g/mol. The minimum atomic E-state index is 1.05. The molecule has 13 heavy (non-hydrogen) atoms. The average molecular weight is 175 g/mol. The van der Waals surface area contributed by atoms with E-state index in [1.54, 1.807) is 0 Å². The number of hydrogen-bond donors (Lipinski definition) is 0. The zero-order chi connectivity index (χ0) is 9.52. The van der Waals surface area contributed by atoms with Gasteiger partial charge in [-0.1, -0.05) is 31.1 Å². The first kappa shape index (κ1) is 9.97. The molecule has 0 aromatic carbocycles. The highest BCUT2D eigenvalue weighted by molar-refractivity contribution is 5.17. The van der Waals surface area contributed by atoms with E-state index in [4.69, 9.17) is 0 Å². The third-order valence-electron chi connectivity index (χ3n) is 2.13. The lowest BCUT2D eigenvalue weighted by molar-refractivity contribution is 0.866. The highest BCUT2D eigenvalue weighted by Gasteiger charge is 1.96. The van der Waals surface area contributed by atoms with Crippen molar-refractivity contribution >= 4 is 0 Å². The molecular formula is C12H17N. The van der Waals surface area contributed by atoms with Gasteiger partial charge < -0.3 is 0 Å². The standard InChI is InChI=1S/C12H17N/c1-3-6-11(4-2)9-12-7-5-8-13-10-12/h4-5,7-8,10H,3,6,9H2,1-2H3/b11-4-. The third kappa shape index (κ3) is 3.41. The van der Waals surface area contributed by atoms with Crippen molar-refractivity contribution in [3.05, 3.63) is 41.7 Å². The fraction of sp³-hybridized carbons (Fsp3) is 0.417. The van der Waals surface area contributed by atoms with Crippen molar-refractivity contribution in [2.45, 2.75) is 33.1 Å². The smallest absolute Gasteiger partial charge is 0.0303 e. The second-order valence-electron chi connectivity index (χ2n) is 3.23. The molecule has 0 aliphatic rings. The number of hydrogen-bond acceptors (Lipinski definition) is 1. The molecule has 0 amide bonds. The summed E-state index contributed by atoms with van der Waals surface area (Å²) in [5.41, 5.74) is 2.82. The summed E-state index contributed by atoms with van der Waals surface area (Å²) in [5, 5.41) is 0. The lowest BCUT2D eigenvalue weighted by Gasteiger charge is -2.04. The van der Waals surface area contributed by atoms with Crippen molar-refractivity contribution in [3.63, 3.8) is 0 Å². The lowest BCUT2D eigenvalue weighted by Crippen LogP contribution is -1.90. The molecule has 0 radical (unpaired) electrons. The Morgan fingerprint density at radius 1 is 1.54 bits per heavy atom. The quantitative estimate of drug-likeness (QED) is 0.639. The van der Waals surface area contributed by atoms with Crippen LogP contribution in [0, 0.1) is 0 Å². The normalized spacial score (nSPS) is 11.7. The second kappa shape index (κ2) is 5.52. The maximum absolute atomic E-state index is 4.10. The first-order chi connectivity index (χ1) is 6.36. The van der Waals surface area contributed by atoms with Gasteiger partial charge >= 0.3 is 0 Å². The molecule has 0 saturated carbocycles. The van der Waals surface area contributed by atoms with Crippen LogP contribution in [0.3, 0.4) is 0 Å². The monoisotopic (exact) mass is 175 g/mol. The van der Waals surface area contributed by atoms with E-state index in [0.29, 0.717) is 0 Å². The van der Waals surface area contributed by atoms with E-state index in [-0.39, 0.29) is 0 Å². The summed E-state index contributed by atoms with van der Waals surface area (Å²) in [6, 6.07) is 4.13.